The Morgan fingerprint density at radius 2 is 2.05 bits per heavy atom. The normalized spacial score (nSPS) is 18.2. The number of hydrogen-bond acceptors (Lipinski definition) is 4. The molecule has 0 aliphatic carbocycles. The van der Waals surface area contributed by atoms with Crippen molar-refractivity contribution in [1.29, 1.82) is 0 Å². The zero-order valence-corrected chi connectivity index (χ0v) is 12.2. The van der Waals surface area contributed by atoms with E-state index in [1.807, 2.05) is 13.8 Å². The van der Waals surface area contributed by atoms with Crippen LogP contribution >= 0.6 is 0 Å². The molecule has 0 bridgehead atoms. The van der Waals surface area contributed by atoms with E-state index in [1.165, 1.54) is 16.9 Å². The van der Waals surface area contributed by atoms with Crippen LogP contribution in [0.3, 0.4) is 0 Å². The molecular formula is C13H22N2O5. The quantitative estimate of drug-likeness (QED) is 0.750. The van der Waals surface area contributed by atoms with E-state index in [1.54, 1.807) is 0 Å². The Labute approximate surface area is 118 Å². The second-order valence-corrected chi connectivity index (χ2v) is 5.41. The molecule has 1 aliphatic rings. The third-order valence-corrected chi connectivity index (χ3v) is 3.18. The Kier molecular flexibility index (Phi) is 5.79. The molecule has 7 nitrogen and oxygen atoms in total. The molecule has 1 unspecified atom stereocenters. The van der Waals surface area contributed by atoms with E-state index in [0.717, 1.165) is 0 Å². The average Bonchev–Trinajstić information content (AvgIpc) is 2.84. The highest BCUT2D eigenvalue weighted by atomic mass is 16.5. The summed E-state index contributed by atoms with van der Waals surface area (Å²) < 4.78 is 4.67. The minimum atomic E-state index is -1.04. The van der Waals surface area contributed by atoms with Crippen LogP contribution in [-0.4, -0.2) is 66.2 Å². The molecule has 0 saturated carbocycles. The van der Waals surface area contributed by atoms with Crippen molar-refractivity contribution in [2.24, 2.45) is 11.8 Å². The number of likely N-dealkylation sites (tertiary alicyclic amines) is 1. The van der Waals surface area contributed by atoms with Crippen LogP contribution in [0.2, 0.25) is 0 Å². The number of urea groups is 1. The number of amides is 2. The second-order valence-electron chi connectivity index (χ2n) is 5.41. The van der Waals surface area contributed by atoms with Gasteiger partial charge in [0.25, 0.3) is 0 Å². The number of carboxylic acids is 1. The Hall–Kier alpha value is -1.79. The van der Waals surface area contributed by atoms with Crippen molar-refractivity contribution in [3.05, 3.63) is 0 Å². The molecular weight excluding hydrogens is 264 g/mol. The molecule has 20 heavy (non-hydrogen) atoms. The maximum Gasteiger partial charge on any atom is 0.323 e. The number of carbonyl (C=O) groups is 3. The van der Waals surface area contributed by atoms with Crippen molar-refractivity contribution in [3.63, 3.8) is 0 Å². The highest BCUT2D eigenvalue weighted by Gasteiger charge is 2.34. The maximum absolute atomic E-state index is 12.3. The number of aliphatic carboxylic acids is 1. The van der Waals surface area contributed by atoms with Gasteiger partial charge in [-0.1, -0.05) is 13.8 Å². The average molecular weight is 286 g/mol. The molecule has 0 aromatic heterocycles. The van der Waals surface area contributed by atoms with E-state index in [2.05, 4.69) is 4.74 Å². The number of esters is 1. The van der Waals surface area contributed by atoms with E-state index >= 15 is 0 Å². The third kappa shape index (κ3) is 4.40. The smallest absolute Gasteiger partial charge is 0.323 e. The molecule has 1 fully saturated rings. The van der Waals surface area contributed by atoms with Gasteiger partial charge in [0.15, 0.2) is 0 Å². The Balaban J connectivity index is 2.66. The van der Waals surface area contributed by atoms with Crippen molar-refractivity contribution in [3.8, 4) is 0 Å². The van der Waals surface area contributed by atoms with Crippen molar-refractivity contribution in [1.82, 2.24) is 9.80 Å². The van der Waals surface area contributed by atoms with Gasteiger partial charge in [0, 0.05) is 19.6 Å². The molecule has 7 heteroatoms. The second kappa shape index (κ2) is 7.12. The predicted octanol–water partition coefficient (Wildman–Crippen LogP) is 0.644. The molecule has 1 aliphatic heterocycles. The highest BCUT2D eigenvalue weighted by molar-refractivity contribution is 5.81. The number of carbonyl (C=O) groups excluding carboxylic acids is 2. The minimum absolute atomic E-state index is 0.178. The summed E-state index contributed by atoms with van der Waals surface area (Å²) >= 11 is 0. The molecule has 1 heterocycles. The van der Waals surface area contributed by atoms with Gasteiger partial charge in [0.1, 0.15) is 6.54 Å². The summed E-state index contributed by atoms with van der Waals surface area (Å²) in [5.74, 6) is -1.50. The van der Waals surface area contributed by atoms with Crippen LogP contribution in [0, 0.1) is 11.8 Å². The number of rotatable bonds is 5. The number of ether oxygens (including phenoxy) is 1. The molecule has 0 aromatic rings. The lowest BCUT2D eigenvalue weighted by molar-refractivity contribution is -0.145. The maximum atomic E-state index is 12.3. The van der Waals surface area contributed by atoms with Crippen LogP contribution < -0.4 is 0 Å². The minimum Gasteiger partial charge on any atom is -0.480 e. The first kappa shape index (κ1) is 16.3. The zero-order valence-electron chi connectivity index (χ0n) is 12.2. The summed E-state index contributed by atoms with van der Waals surface area (Å²) in [5, 5.41) is 8.88. The molecule has 1 atom stereocenters. The standard InChI is InChI=1S/C13H22N2O5/c1-9(2)6-15(8-11(16)17)13(19)14-5-4-10(7-14)12(18)20-3/h9-10H,4-8H2,1-3H3,(H,16,17). The van der Waals surface area contributed by atoms with Crippen LogP contribution in [0.5, 0.6) is 0 Å². The first-order valence-corrected chi connectivity index (χ1v) is 6.68. The van der Waals surface area contributed by atoms with Gasteiger partial charge in [-0.05, 0) is 12.3 Å². The predicted molar refractivity (Wildman–Crippen MR) is 71.1 cm³/mol. The van der Waals surface area contributed by atoms with E-state index < -0.39 is 5.97 Å². The molecule has 2 amide bonds. The lowest BCUT2D eigenvalue weighted by Crippen LogP contribution is -2.46. The largest absolute Gasteiger partial charge is 0.480 e. The van der Waals surface area contributed by atoms with Gasteiger partial charge in [-0.25, -0.2) is 4.79 Å². The molecule has 0 spiro atoms. The molecule has 1 N–H and O–H groups in total. The first-order valence-electron chi connectivity index (χ1n) is 6.68. The summed E-state index contributed by atoms with van der Waals surface area (Å²) in [6.45, 7) is 4.64. The van der Waals surface area contributed by atoms with Crippen LogP contribution in [0.15, 0.2) is 0 Å². The third-order valence-electron chi connectivity index (χ3n) is 3.18. The number of hydrogen-bond donors (Lipinski definition) is 1. The zero-order chi connectivity index (χ0) is 15.3. The van der Waals surface area contributed by atoms with Crippen molar-refractivity contribution < 1.29 is 24.2 Å². The van der Waals surface area contributed by atoms with Crippen molar-refractivity contribution in [2.45, 2.75) is 20.3 Å². The monoisotopic (exact) mass is 286 g/mol. The lowest BCUT2D eigenvalue weighted by atomic mass is 10.1. The Bertz CT molecular complexity index is 383. The van der Waals surface area contributed by atoms with Crippen molar-refractivity contribution in [2.75, 3.05) is 33.3 Å². The van der Waals surface area contributed by atoms with Gasteiger partial charge in [-0.3, -0.25) is 9.59 Å². The van der Waals surface area contributed by atoms with E-state index in [0.29, 0.717) is 26.1 Å². The molecule has 0 aromatic carbocycles. The van der Waals surface area contributed by atoms with Gasteiger partial charge in [0.2, 0.25) is 0 Å². The van der Waals surface area contributed by atoms with Gasteiger partial charge >= 0.3 is 18.0 Å². The number of nitrogens with zero attached hydrogens (tertiary/aromatic N) is 2. The summed E-state index contributed by atoms with van der Waals surface area (Å²) in [7, 11) is 1.32. The van der Waals surface area contributed by atoms with E-state index in [4.69, 9.17) is 5.11 Å². The van der Waals surface area contributed by atoms with Gasteiger partial charge in [-0.15, -0.1) is 0 Å². The fourth-order valence-corrected chi connectivity index (χ4v) is 2.31. The molecule has 1 rings (SSSR count). The fraction of sp³-hybridized carbons (Fsp3) is 0.769. The van der Waals surface area contributed by atoms with Crippen LogP contribution in [0.25, 0.3) is 0 Å². The Morgan fingerprint density at radius 3 is 2.55 bits per heavy atom. The summed E-state index contributed by atoms with van der Waals surface area (Å²) in [5.41, 5.74) is 0. The van der Waals surface area contributed by atoms with Crippen molar-refractivity contribution >= 4 is 18.0 Å². The van der Waals surface area contributed by atoms with Crippen LogP contribution in [-0.2, 0) is 14.3 Å². The topological polar surface area (TPSA) is 87.2 Å². The molecule has 0 radical (unpaired) electrons. The summed E-state index contributed by atoms with van der Waals surface area (Å²) in [6.07, 6.45) is 0.557. The molecule has 1 saturated heterocycles. The van der Waals surface area contributed by atoms with E-state index in [-0.39, 0.29) is 30.4 Å². The Morgan fingerprint density at radius 1 is 1.40 bits per heavy atom. The number of methoxy groups -OCH3 is 1. The van der Waals surface area contributed by atoms with Crippen LogP contribution in [0.4, 0.5) is 4.79 Å². The van der Waals surface area contributed by atoms with Gasteiger partial charge in [0.05, 0.1) is 13.0 Å². The van der Waals surface area contributed by atoms with Gasteiger partial charge in [-0.2, -0.15) is 0 Å². The van der Waals surface area contributed by atoms with E-state index in [9.17, 15) is 14.4 Å². The lowest BCUT2D eigenvalue weighted by Gasteiger charge is -2.28. The first-order chi connectivity index (χ1) is 9.35. The SMILES string of the molecule is COC(=O)C1CCN(C(=O)N(CC(=O)O)CC(C)C)C1. The summed E-state index contributed by atoms with van der Waals surface area (Å²) in [4.78, 5) is 37.4. The summed E-state index contributed by atoms with van der Waals surface area (Å²) in [6, 6.07) is -0.326. The fourth-order valence-electron chi connectivity index (χ4n) is 2.31. The number of carboxylic acid groups (broad SMARTS) is 1. The highest BCUT2D eigenvalue weighted by Crippen LogP contribution is 2.19. The van der Waals surface area contributed by atoms with Crippen LogP contribution in [0.1, 0.15) is 20.3 Å². The molecule has 114 valence electrons. The van der Waals surface area contributed by atoms with Gasteiger partial charge < -0.3 is 19.6 Å².